The second-order valence-electron chi connectivity index (χ2n) is 6.74. The number of hydrogen-bond acceptors (Lipinski definition) is 4. The van der Waals surface area contributed by atoms with Crippen LogP contribution in [0.25, 0.3) is 10.8 Å². The Labute approximate surface area is 174 Å². The fourth-order valence-corrected chi connectivity index (χ4v) is 3.08. The van der Waals surface area contributed by atoms with Gasteiger partial charge in [0.25, 0.3) is 5.91 Å². The minimum Gasteiger partial charge on any atom is -0.497 e. The van der Waals surface area contributed by atoms with Crippen molar-refractivity contribution in [2.75, 3.05) is 12.4 Å². The Morgan fingerprint density at radius 2 is 1.66 bits per heavy atom. The van der Waals surface area contributed by atoms with E-state index >= 15 is 0 Å². The highest BCUT2D eigenvalue weighted by atomic mass is 35.5. The first-order chi connectivity index (χ1) is 13.9. The molecule has 0 saturated carbocycles. The number of carbonyl (C=O) groups is 2. The number of rotatable bonds is 6. The smallest absolute Gasteiger partial charge is 0.313 e. The van der Waals surface area contributed by atoms with Crippen LogP contribution in [0.15, 0.2) is 60.7 Å². The Morgan fingerprint density at radius 1 is 0.966 bits per heavy atom. The van der Waals surface area contributed by atoms with Crippen molar-refractivity contribution in [1.29, 1.82) is 0 Å². The Bertz CT molecular complexity index is 1050. The zero-order valence-corrected chi connectivity index (χ0v) is 17.2. The lowest BCUT2D eigenvalue weighted by atomic mass is 9.98. The van der Waals surface area contributed by atoms with Gasteiger partial charge in [0.05, 0.1) is 23.7 Å². The molecule has 29 heavy (non-hydrogen) atoms. The number of para-hydroxylation sites is 1. The molecule has 0 spiro atoms. The molecule has 3 aromatic carbocycles. The first-order valence-electron chi connectivity index (χ1n) is 9.22. The number of halogens is 1. The maximum atomic E-state index is 12.6. The highest BCUT2D eigenvalue weighted by molar-refractivity contribution is 6.33. The van der Waals surface area contributed by atoms with Crippen LogP contribution in [-0.2, 0) is 14.3 Å². The first kappa shape index (κ1) is 20.7. The van der Waals surface area contributed by atoms with Crippen molar-refractivity contribution in [2.45, 2.75) is 25.9 Å². The minimum atomic E-state index is -0.953. The van der Waals surface area contributed by atoms with Crippen molar-refractivity contribution in [3.63, 3.8) is 0 Å². The quantitative estimate of drug-likeness (QED) is 0.568. The van der Waals surface area contributed by atoms with Gasteiger partial charge in [0.1, 0.15) is 5.75 Å². The van der Waals surface area contributed by atoms with Gasteiger partial charge in [0.2, 0.25) is 0 Å². The third-order valence-electron chi connectivity index (χ3n) is 4.72. The molecule has 3 aromatic rings. The number of methoxy groups -OCH3 is 1. The summed E-state index contributed by atoms with van der Waals surface area (Å²) < 4.78 is 10.6. The van der Waals surface area contributed by atoms with Crippen LogP contribution in [0.3, 0.4) is 0 Å². The lowest BCUT2D eigenvalue weighted by Gasteiger charge is -2.17. The molecule has 0 aliphatic rings. The van der Waals surface area contributed by atoms with Crippen molar-refractivity contribution in [1.82, 2.24) is 0 Å². The summed E-state index contributed by atoms with van der Waals surface area (Å²) in [7, 11) is 1.62. The summed E-state index contributed by atoms with van der Waals surface area (Å²) in [6, 6.07) is 18.4. The summed E-state index contributed by atoms with van der Waals surface area (Å²) in [6.07, 6.45) is -0.953. The molecule has 0 saturated heterocycles. The van der Waals surface area contributed by atoms with Crippen LogP contribution < -0.4 is 10.1 Å². The van der Waals surface area contributed by atoms with Crippen molar-refractivity contribution >= 4 is 39.9 Å². The maximum absolute atomic E-state index is 12.6. The predicted molar refractivity (Wildman–Crippen MR) is 115 cm³/mol. The van der Waals surface area contributed by atoms with E-state index < -0.39 is 23.9 Å². The van der Waals surface area contributed by atoms with E-state index in [2.05, 4.69) is 5.32 Å². The van der Waals surface area contributed by atoms with Crippen molar-refractivity contribution in [2.24, 2.45) is 0 Å². The van der Waals surface area contributed by atoms with Gasteiger partial charge in [-0.1, -0.05) is 48.0 Å². The average molecular weight is 412 g/mol. The standard InChI is InChI=1S/C23H22ClNO4/c1-14(16-8-9-18-13-19(28-3)11-10-17(18)12-16)23(27)29-15(2)22(26)25-21-7-5-4-6-20(21)24/h4-15H,1-3H3,(H,25,26)/t14-,15-/m0/s1. The normalized spacial score (nSPS) is 12.8. The number of fused-ring (bicyclic) bond motifs is 1. The van der Waals surface area contributed by atoms with Crippen LogP contribution in [0.2, 0.25) is 5.02 Å². The topological polar surface area (TPSA) is 64.6 Å². The monoisotopic (exact) mass is 411 g/mol. The Kier molecular flexibility index (Phi) is 6.39. The number of nitrogens with one attached hydrogen (secondary N) is 1. The zero-order chi connectivity index (χ0) is 21.0. The molecule has 0 aromatic heterocycles. The third-order valence-corrected chi connectivity index (χ3v) is 5.05. The number of anilines is 1. The van der Waals surface area contributed by atoms with E-state index in [1.807, 2.05) is 36.4 Å². The number of ether oxygens (including phenoxy) is 2. The maximum Gasteiger partial charge on any atom is 0.313 e. The molecule has 0 unspecified atom stereocenters. The van der Waals surface area contributed by atoms with Gasteiger partial charge < -0.3 is 14.8 Å². The zero-order valence-electron chi connectivity index (χ0n) is 16.4. The molecule has 2 atom stereocenters. The summed E-state index contributed by atoms with van der Waals surface area (Å²) in [5.41, 5.74) is 1.28. The molecule has 0 aliphatic heterocycles. The van der Waals surface area contributed by atoms with E-state index in [1.165, 1.54) is 6.92 Å². The van der Waals surface area contributed by atoms with Crippen LogP contribution in [0, 0.1) is 0 Å². The van der Waals surface area contributed by atoms with E-state index in [4.69, 9.17) is 21.1 Å². The predicted octanol–water partition coefficient (Wildman–Crippen LogP) is 5.18. The van der Waals surface area contributed by atoms with Crippen LogP contribution in [0.1, 0.15) is 25.3 Å². The number of esters is 1. The second-order valence-corrected chi connectivity index (χ2v) is 7.15. The van der Waals surface area contributed by atoms with E-state index in [9.17, 15) is 9.59 Å². The number of benzene rings is 3. The van der Waals surface area contributed by atoms with Gasteiger partial charge in [-0.15, -0.1) is 0 Å². The highest BCUT2D eigenvalue weighted by Gasteiger charge is 2.23. The molecule has 0 bridgehead atoms. The number of hydrogen-bond donors (Lipinski definition) is 1. The van der Waals surface area contributed by atoms with Crippen LogP contribution in [-0.4, -0.2) is 25.1 Å². The summed E-state index contributed by atoms with van der Waals surface area (Å²) >= 11 is 6.05. The summed E-state index contributed by atoms with van der Waals surface area (Å²) in [5.74, 6) is -0.656. The highest BCUT2D eigenvalue weighted by Crippen LogP contribution is 2.26. The van der Waals surface area contributed by atoms with Gasteiger partial charge >= 0.3 is 5.97 Å². The second kappa shape index (κ2) is 8.97. The van der Waals surface area contributed by atoms with E-state index in [0.29, 0.717) is 10.7 Å². The molecule has 1 amide bonds. The van der Waals surface area contributed by atoms with Crippen LogP contribution in [0.5, 0.6) is 5.75 Å². The van der Waals surface area contributed by atoms with Gasteiger partial charge in [0.15, 0.2) is 6.10 Å². The van der Waals surface area contributed by atoms with Crippen LogP contribution >= 0.6 is 11.6 Å². The first-order valence-corrected chi connectivity index (χ1v) is 9.60. The molecule has 150 valence electrons. The van der Waals surface area contributed by atoms with E-state index in [-0.39, 0.29) is 0 Å². The molecule has 5 nitrogen and oxygen atoms in total. The van der Waals surface area contributed by atoms with Gasteiger partial charge in [-0.3, -0.25) is 9.59 Å². The summed E-state index contributed by atoms with van der Waals surface area (Å²) in [4.78, 5) is 24.9. The average Bonchev–Trinajstić information content (AvgIpc) is 2.73. The molecular formula is C23H22ClNO4. The summed E-state index contributed by atoms with van der Waals surface area (Å²) in [6.45, 7) is 3.29. The van der Waals surface area contributed by atoms with Crippen molar-refractivity contribution in [3.05, 3.63) is 71.2 Å². The van der Waals surface area contributed by atoms with Crippen molar-refractivity contribution < 1.29 is 19.1 Å². The molecular weight excluding hydrogens is 390 g/mol. The Balaban J connectivity index is 1.67. The fraction of sp³-hybridized carbons (Fsp3) is 0.217. The molecule has 3 rings (SSSR count). The van der Waals surface area contributed by atoms with Gasteiger partial charge in [-0.2, -0.15) is 0 Å². The number of amides is 1. The van der Waals surface area contributed by atoms with E-state index in [1.54, 1.807) is 38.3 Å². The minimum absolute atomic E-state index is 0.417. The lowest BCUT2D eigenvalue weighted by Crippen LogP contribution is -2.31. The Morgan fingerprint density at radius 3 is 2.38 bits per heavy atom. The largest absolute Gasteiger partial charge is 0.497 e. The molecule has 0 fully saturated rings. The summed E-state index contributed by atoms with van der Waals surface area (Å²) in [5, 5.41) is 5.09. The molecule has 0 heterocycles. The van der Waals surface area contributed by atoms with Crippen molar-refractivity contribution in [3.8, 4) is 5.75 Å². The molecule has 1 N–H and O–H groups in total. The Hall–Kier alpha value is -3.05. The van der Waals surface area contributed by atoms with Crippen LogP contribution in [0.4, 0.5) is 5.69 Å². The van der Waals surface area contributed by atoms with E-state index in [0.717, 1.165) is 22.1 Å². The SMILES string of the molecule is COc1ccc2cc([C@H](C)C(=O)O[C@@H](C)C(=O)Nc3ccccc3Cl)ccc2c1. The third kappa shape index (κ3) is 4.87. The molecule has 0 radical (unpaired) electrons. The van der Waals surface area contributed by atoms with Gasteiger partial charge in [-0.25, -0.2) is 0 Å². The molecule has 6 heteroatoms. The number of carbonyl (C=O) groups excluding carboxylic acids is 2. The lowest BCUT2D eigenvalue weighted by molar-refractivity contribution is -0.154. The van der Waals surface area contributed by atoms with Gasteiger partial charge in [0, 0.05) is 0 Å². The molecule has 0 aliphatic carbocycles. The van der Waals surface area contributed by atoms with Gasteiger partial charge in [-0.05, 0) is 54.4 Å². The fourth-order valence-electron chi connectivity index (χ4n) is 2.90.